The number of carbonyl (C=O) groups is 1. The van der Waals surface area contributed by atoms with E-state index < -0.39 is 0 Å². The van der Waals surface area contributed by atoms with Gasteiger partial charge in [0.2, 0.25) is 0 Å². The second kappa shape index (κ2) is 11.5. The van der Waals surface area contributed by atoms with E-state index in [0.29, 0.717) is 26.7 Å². The second-order valence-corrected chi connectivity index (χ2v) is 8.96. The zero-order valence-electron chi connectivity index (χ0n) is 16.8. The summed E-state index contributed by atoms with van der Waals surface area (Å²) in [6.45, 7) is -0.178. The molecule has 0 unspecified atom stereocenters. The Hall–Kier alpha value is -2.13. The summed E-state index contributed by atoms with van der Waals surface area (Å²) in [7, 11) is 3.26. The fraction of sp³-hybridized carbons (Fsp3) is 0.238. The molecule has 10 heteroatoms. The first kappa shape index (κ1) is 23.5. The summed E-state index contributed by atoms with van der Waals surface area (Å²) >= 11 is 15.0. The highest BCUT2D eigenvalue weighted by Crippen LogP contribution is 2.28. The van der Waals surface area contributed by atoms with Crippen LogP contribution in [0, 0.1) is 0 Å². The summed E-state index contributed by atoms with van der Waals surface area (Å²) in [5, 5.41) is 6.03. The summed E-state index contributed by atoms with van der Waals surface area (Å²) in [6.07, 6.45) is 0. The first-order chi connectivity index (χ1) is 15.0. The average molecular weight is 499 g/mol. The van der Waals surface area contributed by atoms with Gasteiger partial charge in [-0.15, -0.1) is 11.3 Å². The third-order valence-corrected chi connectivity index (χ3v) is 6.36. The number of thiazole rings is 1. The molecule has 0 fully saturated rings. The lowest BCUT2D eigenvalue weighted by Crippen LogP contribution is -2.20. The van der Waals surface area contributed by atoms with Gasteiger partial charge < -0.3 is 14.2 Å². The van der Waals surface area contributed by atoms with Gasteiger partial charge in [-0.1, -0.05) is 23.2 Å². The van der Waals surface area contributed by atoms with Gasteiger partial charge in [0.25, 0.3) is 5.91 Å². The molecule has 0 aliphatic rings. The van der Waals surface area contributed by atoms with Gasteiger partial charge in [0.15, 0.2) is 11.7 Å². The number of benzene rings is 2. The van der Waals surface area contributed by atoms with Gasteiger partial charge in [0.1, 0.15) is 17.2 Å². The molecular formula is C21H20Cl2N2O4S2. The van der Waals surface area contributed by atoms with E-state index in [4.69, 9.17) is 37.4 Å². The van der Waals surface area contributed by atoms with Crippen molar-refractivity contribution < 1.29 is 19.0 Å². The van der Waals surface area contributed by atoms with E-state index in [1.54, 1.807) is 44.2 Å². The van der Waals surface area contributed by atoms with Crippen LogP contribution in [0.25, 0.3) is 0 Å². The lowest BCUT2D eigenvalue weighted by molar-refractivity contribution is -0.118. The van der Waals surface area contributed by atoms with Crippen LogP contribution >= 0.6 is 46.3 Å². The largest absolute Gasteiger partial charge is 0.497 e. The molecule has 0 radical (unpaired) electrons. The molecular weight excluding hydrogens is 479 g/mol. The molecule has 0 aliphatic carbocycles. The van der Waals surface area contributed by atoms with E-state index in [1.807, 2.05) is 23.6 Å². The average Bonchev–Trinajstić information content (AvgIpc) is 3.19. The van der Waals surface area contributed by atoms with Crippen molar-refractivity contribution >= 4 is 57.3 Å². The van der Waals surface area contributed by atoms with E-state index in [-0.39, 0.29) is 12.5 Å². The number of hydrogen-bond donors (Lipinski definition) is 1. The number of amides is 1. The molecule has 1 amide bonds. The quantitative estimate of drug-likeness (QED) is 0.374. The van der Waals surface area contributed by atoms with Gasteiger partial charge in [-0.05, 0) is 35.9 Å². The third kappa shape index (κ3) is 7.21. The number of nitrogens with one attached hydrogen (secondary N) is 1. The molecule has 3 aromatic rings. The van der Waals surface area contributed by atoms with Gasteiger partial charge in [0.05, 0.1) is 24.9 Å². The summed E-state index contributed by atoms with van der Waals surface area (Å²) in [4.78, 5) is 16.6. The normalized spacial score (nSPS) is 10.6. The number of rotatable bonds is 10. The van der Waals surface area contributed by atoms with Crippen LogP contribution in [-0.2, 0) is 16.3 Å². The van der Waals surface area contributed by atoms with Gasteiger partial charge in [-0.25, -0.2) is 4.98 Å². The molecule has 6 nitrogen and oxygen atoms in total. The smallest absolute Gasteiger partial charge is 0.264 e. The molecule has 0 spiro atoms. The van der Waals surface area contributed by atoms with Crippen molar-refractivity contribution in [3.05, 3.63) is 63.1 Å². The lowest BCUT2D eigenvalue weighted by atomic mass is 10.2. The van der Waals surface area contributed by atoms with Crippen LogP contribution in [0.2, 0.25) is 10.0 Å². The number of carbonyl (C=O) groups excluding carboxylic acids is 1. The number of halogens is 2. The Morgan fingerprint density at radius 3 is 2.52 bits per heavy atom. The fourth-order valence-electron chi connectivity index (χ4n) is 2.54. The first-order valence-electron chi connectivity index (χ1n) is 9.08. The maximum absolute atomic E-state index is 12.1. The minimum absolute atomic E-state index is 0.178. The van der Waals surface area contributed by atoms with Crippen LogP contribution in [0.15, 0.2) is 41.8 Å². The maximum atomic E-state index is 12.1. The molecule has 1 aromatic heterocycles. The van der Waals surface area contributed by atoms with Crippen molar-refractivity contribution in [1.29, 1.82) is 0 Å². The topological polar surface area (TPSA) is 69.7 Å². The van der Waals surface area contributed by atoms with E-state index in [1.165, 1.54) is 11.3 Å². The number of ether oxygens (including phenoxy) is 3. The molecule has 31 heavy (non-hydrogen) atoms. The van der Waals surface area contributed by atoms with E-state index in [0.717, 1.165) is 28.5 Å². The Labute approximate surface area is 198 Å². The van der Waals surface area contributed by atoms with E-state index in [2.05, 4.69) is 10.3 Å². The van der Waals surface area contributed by atoms with E-state index in [9.17, 15) is 4.79 Å². The zero-order valence-corrected chi connectivity index (χ0v) is 20.0. The van der Waals surface area contributed by atoms with Crippen molar-refractivity contribution in [1.82, 2.24) is 4.98 Å². The van der Waals surface area contributed by atoms with Crippen LogP contribution < -0.4 is 19.5 Å². The Balaban J connectivity index is 1.46. The zero-order chi connectivity index (χ0) is 22.2. The minimum atomic E-state index is -0.317. The Morgan fingerprint density at radius 2 is 1.84 bits per heavy atom. The summed E-state index contributed by atoms with van der Waals surface area (Å²) in [5.41, 5.74) is 1.99. The van der Waals surface area contributed by atoms with Crippen LogP contribution in [0.3, 0.4) is 0 Å². The van der Waals surface area contributed by atoms with Crippen LogP contribution in [0.5, 0.6) is 17.2 Å². The molecule has 0 aliphatic heterocycles. The molecule has 3 rings (SSSR count). The SMILES string of the molecule is COc1cc(CSCc2csc(NC(=O)COc3ccc(Cl)cc3Cl)n2)cc(OC)c1. The summed E-state index contributed by atoms with van der Waals surface area (Å²) < 4.78 is 16.0. The van der Waals surface area contributed by atoms with Crippen molar-refractivity contribution in [2.24, 2.45) is 0 Å². The Bertz CT molecular complexity index is 1020. The number of thioether (sulfide) groups is 1. The van der Waals surface area contributed by atoms with Gasteiger partial charge >= 0.3 is 0 Å². The highest BCUT2D eigenvalue weighted by molar-refractivity contribution is 7.97. The van der Waals surface area contributed by atoms with Gasteiger partial charge in [0, 0.05) is 28.0 Å². The van der Waals surface area contributed by atoms with Gasteiger partial charge in [-0.2, -0.15) is 11.8 Å². The fourth-order valence-corrected chi connectivity index (χ4v) is 4.70. The van der Waals surface area contributed by atoms with Crippen LogP contribution in [-0.4, -0.2) is 31.7 Å². The molecule has 1 N–H and O–H groups in total. The standard InChI is InChI=1S/C21H20Cl2N2O4S2/c1-27-16-5-13(6-17(8-16)28-2)10-30-11-15-12-31-21(24-15)25-20(26)9-29-19-4-3-14(22)7-18(19)23/h3-8,12H,9-11H2,1-2H3,(H,24,25,26). The van der Waals surface area contributed by atoms with Crippen molar-refractivity contribution in [3.8, 4) is 17.2 Å². The number of hydrogen-bond acceptors (Lipinski definition) is 7. The molecule has 0 saturated carbocycles. The second-order valence-electron chi connectivity index (χ2n) is 6.27. The first-order valence-corrected chi connectivity index (χ1v) is 11.9. The highest BCUT2D eigenvalue weighted by Gasteiger charge is 2.10. The number of aromatic nitrogens is 1. The summed E-state index contributed by atoms with van der Waals surface area (Å²) in [6, 6.07) is 10.6. The predicted octanol–water partition coefficient (Wildman–Crippen LogP) is 5.92. The van der Waals surface area contributed by atoms with Gasteiger partial charge in [-0.3, -0.25) is 10.1 Å². The van der Waals surface area contributed by atoms with Crippen molar-refractivity contribution in [2.75, 3.05) is 26.1 Å². The van der Waals surface area contributed by atoms with Crippen LogP contribution in [0.1, 0.15) is 11.3 Å². The predicted molar refractivity (Wildman–Crippen MR) is 127 cm³/mol. The minimum Gasteiger partial charge on any atom is -0.497 e. The van der Waals surface area contributed by atoms with Crippen molar-refractivity contribution in [3.63, 3.8) is 0 Å². The molecule has 164 valence electrons. The Kier molecular flexibility index (Phi) is 8.71. The highest BCUT2D eigenvalue weighted by atomic mass is 35.5. The molecule has 2 aromatic carbocycles. The van der Waals surface area contributed by atoms with E-state index >= 15 is 0 Å². The lowest BCUT2D eigenvalue weighted by Gasteiger charge is -2.08. The Morgan fingerprint density at radius 1 is 1.10 bits per heavy atom. The third-order valence-electron chi connectivity index (χ3n) is 3.98. The molecule has 0 atom stereocenters. The number of nitrogens with zero attached hydrogens (tertiary/aromatic N) is 1. The molecule has 0 saturated heterocycles. The molecule has 0 bridgehead atoms. The molecule has 1 heterocycles. The summed E-state index contributed by atoms with van der Waals surface area (Å²) in [5.74, 6) is 3.09. The van der Waals surface area contributed by atoms with Crippen molar-refractivity contribution in [2.45, 2.75) is 11.5 Å². The number of anilines is 1. The van der Waals surface area contributed by atoms with Crippen LogP contribution in [0.4, 0.5) is 5.13 Å². The maximum Gasteiger partial charge on any atom is 0.264 e. The monoisotopic (exact) mass is 498 g/mol. The number of methoxy groups -OCH3 is 2.